The SMILES string of the molecule is COCc1cc(Cl)nc2cc(NC3=CC(=O)N(CCO)C3=O)c(C)cc12. The normalized spacial score (nSPS) is 14.3. The van der Waals surface area contributed by atoms with E-state index in [1.165, 1.54) is 6.08 Å². The van der Waals surface area contributed by atoms with E-state index < -0.39 is 11.8 Å². The molecular weight excluding hydrogens is 358 g/mol. The summed E-state index contributed by atoms with van der Waals surface area (Å²) in [5, 5.41) is 13.2. The third-order valence-electron chi connectivity index (χ3n) is 4.11. The van der Waals surface area contributed by atoms with Gasteiger partial charge >= 0.3 is 0 Å². The van der Waals surface area contributed by atoms with E-state index in [-0.39, 0.29) is 18.8 Å². The van der Waals surface area contributed by atoms with Gasteiger partial charge in [-0.2, -0.15) is 0 Å². The Hall–Kier alpha value is -2.48. The number of hydrogen-bond acceptors (Lipinski definition) is 6. The average Bonchev–Trinajstić information content (AvgIpc) is 2.84. The molecule has 2 N–H and O–H groups in total. The zero-order valence-electron chi connectivity index (χ0n) is 14.4. The van der Waals surface area contributed by atoms with Crippen molar-refractivity contribution in [3.8, 4) is 0 Å². The van der Waals surface area contributed by atoms with Crippen molar-refractivity contribution in [3.05, 3.63) is 46.3 Å². The molecule has 3 rings (SSSR count). The number of ether oxygens (including phenoxy) is 1. The summed E-state index contributed by atoms with van der Waals surface area (Å²) in [5.74, 6) is -0.920. The highest BCUT2D eigenvalue weighted by molar-refractivity contribution is 6.30. The van der Waals surface area contributed by atoms with Crippen molar-refractivity contribution in [1.29, 1.82) is 0 Å². The second-order valence-electron chi connectivity index (χ2n) is 5.92. The maximum atomic E-state index is 12.3. The molecule has 0 saturated carbocycles. The van der Waals surface area contributed by atoms with Gasteiger partial charge in [-0.15, -0.1) is 0 Å². The Balaban J connectivity index is 1.97. The molecule has 1 aromatic carbocycles. The monoisotopic (exact) mass is 375 g/mol. The molecule has 0 radical (unpaired) electrons. The Bertz CT molecular complexity index is 926. The van der Waals surface area contributed by atoms with Gasteiger partial charge in [-0.05, 0) is 36.2 Å². The molecule has 2 amide bonds. The van der Waals surface area contributed by atoms with Crippen molar-refractivity contribution in [3.63, 3.8) is 0 Å². The lowest BCUT2D eigenvalue weighted by Gasteiger charge is -2.15. The lowest BCUT2D eigenvalue weighted by atomic mass is 10.0. The van der Waals surface area contributed by atoms with Crippen molar-refractivity contribution in [1.82, 2.24) is 9.88 Å². The Morgan fingerprint density at radius 3 is 2.77 bits per heavy atom. The van der Waals surface area contributed by atoms with Crippen LogP contribution in [0, 0.1) is 6.92 Å². The number of nitrogens with zero attached hydrogens (tertiary/aromatic N) is 2. The highest BCUT2D eigenvalue weighted by Crippen LogP contribution is 2.29. The average molecular weight is 376 g/mol. The van der Waals surface area contributed by atoms with Crippen LogP contribution in [0.3, 0.4) is 0 Å². The molecule has 1 aliphatic heterocycles. The minimum absolute atomic E-state index is 0.0341. The lowest BCUT2D eigenvalue weighted by molar-refractivity contribution is -0.137. The number of pyridine rings is 1. The number of methoxy groups -OCH3 is 1. The molecule has 136 valence electrons. The number of anilines is 1. The summed E-state index contributed by atoms with van der Waals surface area (Å²) in [6.45, 7) is 1.98. The summed E-state index contributed by atoms with van der Waals surface area (Å²) in [7, 11) is 1.61. The molecule has 0 aliphatic carbocycles. The Morgan fingerprint density at radius 1 is 1.31 bits per heavy atom. The van der Waals surface area contributed by atoms with Crippen LogP contribution in [-0.4, -0.2) is 47.1 Å². The van der Waals surface area contributed by atoms with E-state index in [9.17, 15) is 9.59 Å². The number of halogens is 1. The van der Waals surface area contributed by atoms with Crippen molar-refractivity contribution >= 4 is 40.0 Å². The maximum absolute atomic E-state index is 12.3. The fourth-order valence-electron chi connectivity index (χ4n) is 2.88. The molecule has 0 saturated heterocycles. The highest BCUT2D eigenvalue weighted by Gasteiger charge is 2.30. The second-order valence-corrected chi connectivity index (χ2v) is 6.31. The zero-order valence-corrected chi connectivity index (χ0v) is 15.1. The van der Waals surface area contributed by atoms with Crippen molar-refractivity contribution < 1.29 is 19.4 Å². The summed E-state index contributed by atoms with van der Waals surface area (Å²) in [6, 6.07) is 5.47. The first-order valence-electron chi connectivity index (χ1n) is 7.98. The molecule has 0 fully saturated rings. The minimum Gasteiger partial charge on any atom is -0.395 e. The molecule has 0 spiro atoms. The first-order valence-corrected chi connectivity index (χ1v) is 8.36. The fraction of sp³-hybridized carbons (Fsp3) is 0.278. The molecule has 7 nitrogen and oxygen atoms in total. The van der Waals surface area contributed by atoms with E-state index in [1.54, 1.807) is 19.2 Å². The number of nitrogens with one attached hydrogen (secondary N) is 1. The number of aliphatic hydroxyl groups is 1. The van der Waals surface area contributed by atoms with Crippen LogP contribution in [0.5, 0.6) is 0 Å². The first kappa shape index (κ1) is 18.3. The van der Waals surface area contributed by atoms with Gasteiger partial charge in [0.25, 0.3) is 11.8 Å². The third-order valence-corrected chi connectivity index (χ3v) is 4.31. The summed E-state index contributed by atoms with van der Waals surface area (Å²) >= 11 is 6.09. The Morgan fingerprint density at radius 2 is 2.08 bits per heavy atom. The van der Waals surface area contributed by atoms with E-state index >= 15 is 0 Å². The van der Waals surface area contributed by atoms with Gasteiger partial charge in [0.05, 0.1) is 25.3 Å². The van der Waals surface area contributed by atoms with Gasteiger partial charge in [-0.3, -0.25) is 14.5 Å². The number of rotatable bonds is 6. The van der Waals surface area contributed by atoms with E-state index in [1.807, 2.05) is 13.0 Å². The molecule has 8 heteroatoms. The predicted molar refractivity (Wildman–Crippen MR) is 97.7 cm³/mol. The Labute approximate surface area is 155 Å². The number of imide groups is 1. The van der Waals surface area contributed by atoms with Gasteiger partial charge in [-0.25, -0.2) is 4.98 Å². The second kappa shape index (κ2) is 7.41. The summed E-state index contributed by atoms with van der Waals surface area (Å²) in [6.07, 6.45) is 1.23. The van der Waals surface area contributed by atoms with E-state index in [2.05, 4.69) is 10.3 Å². The van der Waals surface area contributed by atoms with Gasteiger partial charge in [0.15, 0.2) is 0 Å². The van der Waals surface area contributed by atoms with Gasteiger partial charge in [-0.1, -0.05) is 11.6 Å². The fourth-order valence-corrected chi connectivity index (χ4v) is 3.10. The number of carbonyl (C=O) groups is 2. The summed E-state index contributed by atoms with van der Waals surface area (Å²) < 4.78 is 5.21. The van der Waals surface area contributed by atoms with E-state index in [0.29, 0.717) is 23.0 Å². The highest BCUT2D eigenvalue weighted by atomic mass is 35.5. The number of β-amino-alcohol motifs (C(OH)–C–C–N with tert-alkyl or cyclic N) is 1. The van der Waals surface area contributed by atoms with Crippen molar-refractivity contribution in [2.45, 2.75) is 13.5 Å². The van der Waals surface area contributed by atoms with Gasteiger partial charge < -0.3 is 15.2 Å². The molecule has 2 heterocycles. The van der Waals surface area contributed by atoms with Crippen molar-refractivity contribution in [2.75, 3.05) is 25.6 Å². The molecule has 0 atom stereocenters. The summed E-state index contributed by atoms with van der Waals surface area (Å²) in [4.78, 5) is 29.5. The van der Waals surface area contributed by atoms with Crippen molar-refractivity contribution in [2.24, 2.45) is 0 Å². The molecule has 0 unspecified atom stereocenters. The van der Waals surface area contributed by atoms with Crippen LogP contribution < -0.4 is 5.32 Å². The molecule has 0 bridgehead atoms. The van der Waals surface area contributed by atoms with Crippen LogP contribution in [0.25, 0.3) is 10.9 Å². The number of amides is 2. The number of hydrogen-bond donors (Lipinski definition) is 2. The number of carbonyl (C=O) groups excluding carboxylic acids is 2. The van der Waals surface area contributed by atoms with Gasteiger partial charge in [0.1, 0.15) is 10.9 Å². The quantitative estimate of drug-likeness (QED) is 0.592. The largest absolute Gasteiger partial charge is 0.395 e. The predicted octanol–water partition coefficient (Wildman–Crippen LogP) is 2.00. The van der Waals surface area contributed by atoms with Crippen LogP contribution in [0.1, 0.15) is 11.1 Å². The standard InChI is InChI=1S/C18H18ClN3O4/c1-10-5-12-11(9-26-2)6-16(19)21-14(12)7-13(10)20-15-8-17(24)22(3-4-23)18(15)25/h5-8,20,23H,3-4,9H2,1-2H3. The molecule has 1 aromatic heterocycles. The van der Waals surface area contributed by atoms with Crippen LogP contribution >= 0.6 is 11.6 Å². The molecular formula is C18H18ClN3O4. The number of fused-ring (bicyclic) bond motifs is 1. The van der Waals surface area contributed by atoms with Gasteiger partial charge in [0, 0.05) is 24.3 Å². The molecule has 26 heavy (non-hydrogen) atoms. The maximum Gasteiger partial charge on any atom is 0.277 e. The number of aliphatic hydroxyl groups excluding tert-OH is 1. The molecule has 2 aromatic rings. The van der Waals surface area contributed by atoms with E-state index in [4.69, 9.17) is 21.4 Å². The Kier molecular flexibility index (Phi) is 5.22. The van der Waals surface area contributed by atoms with Crippen LogP contribution in [0.2, 0.25) is 5.15 Å². The zero-order chi connectivity index (χ0) is 18.8. The number of benzene rings is 1. The summed E-state index contributed by atoms with van der Waals surface area (Å²) in [5.41, 5.74) is 3.25. The number of aryl methyl sites for hydroxylation is 1. The first-order chi connectivity index (χ1) is 12.4. The topological polar surface area (TPSA) is 91.8 Å². The number of aromatic nitrogens is 1. The minimum atomic E-state index is -0.470. The van der Waals surface area contributed by atoms with E-state index in [0.717, 1.165) is 21.4 Å². The van der Waals surface area contributed by atoms with Crippen LogP contribution in [-0.2, 0) is 20.9 Å². The van der Waals surface area contributed by atoms with Crippen LogP contribution in [0.15, 0.2) is 30.0 Å². The smallest absolute Gasteiger partial charge is 0.277 e. The lowest BCUT2D eigenvalue weighted by Crippen LogP contribution is -2.34. The van der Waals surface area contributed by atoms with Crippen LogP contribution in [0.4, 0.5) is 5.69 Å². The van der Waals surface area contributed by atoms with Gasteiger partial charge in [0.2, 0.25) is 0 Å². The third kappa shape index (κ3) is 3.41. The molecule has 1 aliphatic rings.